The molecule has 19 heavy (non-hydrogen) atoms. The highest BCUT2D eigenvalue weighted by atomic mass is 28.4. The van der Waals surface area contributed by atoms with Crippen molar-refractivity contribution in [3.05, 3.63) is 0 Å². The minimum absolute atomic E-state index is 0.515. The van der Waals surface area contributed by atoms with Gasteiger partial charge in [-0.1, -0.05) is 13.8 Å². The van der Waals surface area contributed by atoms with E-state index in [0.717, 1.165) is 37.9 Å². The van der Waals surface area contributed by atoms with E-state index in [1.165, 1.54) is 0 Å². The average Bonchev–Trinajstić information content (AvgIpc) is 2.39. The fourth-order valence-electron chi connectivity index (χ4n) is 3.32. The Balaban J connectivity index is 3.08. The van der Waals surface area contributed by atoms with Crippen LogP contribution in [0.15, 0.2) is 0 Å². The highest BCUT2D eigenvalue weighted by Gasteiger charge is 2.61. The summed E-state index contributed by atoms with van der Waals surface area (Å²) in [5, 5.41) is 0. The van der Waals surface area contributed by atoms with Gasteiger partial charge < -0.3 is 0 Å². The van der Waals surface area contributed by atoms with Crippen molar-refractivity contribution in [2.45, 2.75) is 26.7 Å². The Morgan fingerprint density at radius 3 is 1.42 bits per heavy atom. The lowest BCUT2D eigenvalue weighted by atomic mass is 10.5. The summed E-state index contributed by atoms with van der Waals surface area (Å²) in [6.45, 7) is 6.72. The van der Waals surface area contributed by atoms with Gasteiger partial charge in [-0.05, 0) is 12.8 Å². The lowest BCUT2D eigenvalue weighted by Crippen LogP contribution is -2.82. The van der Waals surface area contributed by atoms with Gasteiger partial charge >= 0.3 is 29.5 Å². The van der Waals surface area contributed by atoms with Crippen molar-refractivity contribution in [1.82, 2.24) is 0 Å². The van der Waals surface area contributed by atoms with Gasteiger partial charge in [-0.25, -0.2) is 26.4 Å². The third-order valence-corrected chi connectivity index (χ3v) is 13.8. The number of hydroxylamine groups is 3. The van der Waals surface area contributed by atoms with Gasteiger partial charge in [0.1, 0.15) is 0 Å². The zero-order valence-electron chi connectivity index (χ0n) is 13.5. The van der Waals surface area contributed by atoms with Crippen LogP contribution in [-0.2, 0) is 14.5 Å². The Morgan fingerprint density at radius 1 is 0.737 bits per heavy atom. The highest BCUT2D eigenvalue weighted by Crippen LogP contribution is 2.24. The van der Waals surface area contributed by atoms with Gasteiger partial charge in [0, 0.05) is 0 Å². The molecule has 0 aromatic heterocycles. The van der Waals surface area contributed by atoms with Crippen LogP contribution in [0.4, 0.5) is 0 Å². The van der Waals surface area contributed by atoms with E-state index >= 15 is 0 Å². The molecule has 2 atom stereocenters. The van der Waals surface area contributed by atoms with Gasteiger partial charge in [0.15, 0.2) is 0 Å². The van der Waals surface area contributed by atoms with Crippen LogP contribution in [-0.4, -0.2) is 82.9 Å². The quantitative estimate of drug-likeness (QED) is 0.538. The van der Waals surface area contributed by atoms with Crippen LogP contribution in [0, 0.1) is 0 Å². The molecule has 0 N–H and O–H groups in total. The molecule has 0 bridgehead atoms. The molecular formula is C10H32N3O3Si3+3. The topological polar surface area (TPSA) is 27.7 Å². The van der Waals surface area contributed by atoms with E-state index in [1.54, 1.807) is 0 Å². The van der Waals surface area contributed by atoms with Crippen molar-refractivity contribution in [2.24, 2.45) is 0 Å². The van der Waals surface area contributed by atoms with Crippen LogP contribution in [0.2, 0.25) is 0 Å². The summed E-state index contributed by atoms with van der Waals surface area (Å²) in [6.07, 6.45) is 2.32. The summed E-state index contributed by atoms with van der Waals surface area (Å²) < 4.78 is 2.60. The van der Waals surface area contributed by atoms with Crippen LogP contribution < -0.4 is 0 Å². The van der Waals surface area contributed by atoms with Crippen molar-refractivity contribution in [2.75, 3.05) is 41.5 Å². The van der Waals surface area contributed by atoms with Gasteiger partial charge in [-0.2, -0.15) is 0 Å². The largest absolute Gasteiger partial charge is 0.530 e. The molecule has 0 saturated carbocycles. The molecule has 1 aliphatic rings. The highest BCUT2D eigenvalue weighted by molar-refractivity contribution is 6.46. The smallest absolute Gasteiger partial charge is 0.236 e. The van der Waals surface area contributed by atoms with E-state index < -0.39 is 29.5 Å². The van der Waals surface area contributed by atoms with Gasteiger partial charge in [0.25, 0.3) is 0 Å². The van der Waals surface area contributed by atoms with Gasteiger partial charge in [0.05, 0.1) is 41.5 Å². The van der Waals surface area contributed by atoms with Crippen molar-refractivity contribution >= 4 is 29.5 Å². The van der Waals surface area contributed by atoms with E-state index in [2.05, 4.69) is 20.9 Å². The molecular weight excluding hydrogens is 294 g/mol. The predicted octanol–water partition coefficient (Wildman–Crippen LogP) is -1.42. The molecule has 0 aromatic rings. The lowest BCUT2D eigenvalue weighted by molar-refractivity contribution is -1.11. The lowest BCUT2D eigenvalue weighted by Gasteiger charge is -2.50. The Morgan fingerprint density at radius 2 is 1.16 bits per heavy atom. The van der Waals surface area contributed by atoms with Crippen LogP contribution in [0.1, 0.15) is 26.7 Å². The molecule has 1 aliphatic heterocycles. The Kier molecular flexibility index (Phi) is 6.35. The second-order valence-electron chi connectivity index (χ2n) is 5.83. The minimum atomic E-state index is -0.519. The van der Waals surface area contributed by atoms with Gasteiger partial charge in [0.2, 0.25) is 0 Å². The zero-order chi connectivity index (χ0) is 14.6. The molecule has 1 rings (SSSR count). The number of rotatable bonds is 7. The van der Waals surface area contributed by atoms with Gasteiger partial charge in [-0.3, -0.25) is 0 Å². The fraction of sp³-hybridized carbons (Fsp3) is 1.00. The normalized spacial score (nSPS) is 43.3. The molecule has 0 spiro atoms. The van der Waals surface area contributed by atoms with Crippen molar-refractivity contribution < 1.29 is 26.4 Å². The molecule has 1 fully saturated rings. The number of hydrogen-bond acceptors (Lipinski definition) is 3. The van der Waals surface area contributed by atoms with Crippen molar-refractivity contribution in [3.8, 4) is 0 Å². The monoisotopic (exact) mass is 326 g/mol. The molecule has 1 saturated heterocycles. The maximum absolute atomic E-state index is 6.01. The molecule has 114 valence electrons. The standard InChI is InChI=1S/C10H32N3O3Si3/c1-7-9-12(15-5)17-11(3,14-4)18-13(16-6,19-12)10-8-2/h7-10,17-19H2,1-6H3/q+3. The fourth-order valence-corrected chi connectivity index (χ4v) is 19.5. The SMILES string of the molecule is CCC[N+]1(OC)[SiH2][N+](C)(OC)[SiH2][N+](CCC)(OC)[SiH2]1. The molecule has 0 aromatic carbocycles. The molecule has 6 nitrogen and oxygen atoms in total. The second kappa shape index (κ2) is 6.91. The van der Waals surface area contributed by atoms with E-state index in [-0.39, 0.29) is 0 Å². The molecule has 1 heterocycles. The minimum Gasteiger partial charge on any atom is -0.236 e. The van der Waals surface area contributed by atoms with Crippen molar-refractivity contribution in [3.63, 3.8) is 0 Å². The predicted molar refractivity (Wildman–Crippen MR) is 83.7 cm³/mol. The van der Waals surface area contributed by atoms with E-state index in [1.807, 2.05) is 21.3 Å². The summed E-state index contributed by atoms with van der Waals surface area (Å²) >= 11 is 0. The molecule has 9 heteroatoms. The second-order valence-corrected chi connectivity index (χ2v) is 16.7. The van der Waals surface area contributed by atoms with E-state index in [4.69, 9.17) is 14.5 Å². The third kappa shape index (κ3) is 3.95. The van der Waals surface area contributed by atoms with E-state index in [9.17, 15) is 0 Å². The molecule has 0 aliphatic carbocycles. The van der Waals surface area contributed by atoms with Crippen molar-refractivity contribution in [1.29, 1.82) is 0 Å². The Labute approximate surface area is 124 Å². The Hall–Kier alpha value is 0.411. The summed E-state index contributed by atoms with van der Waals surface area (Å²) in [5.74, 6) is 0. The third-order valence-electron chi connectivity index (χ3n) is 4.11. The van der Waals surface area contributed by atoms with Crippen LogP contribution in [0.3, 0.4) is 0 Å². The number of quaternary nitrogens is 3. The molecule has 0 radical (unpaired) electrons. The van der Waals surface area contributed by atoms with Crippen LogP contribution in [0.25, 0.3) is 0 Å². The van der Waals surface area contributed by atoms with Gasteiger partial charge in [-0.15, -0.1) is 0 Å². The summed E-state index contributed by atoms with van der Waals surface area (Å²) in [6, 6.07) is 0. The summed E-state index contributed by atoms with van der Waals surface area (Å²) in [5.41, 5.74) is 0. The number of nitrogens with zero attached hydrogens (tertiary/aromatic N) is 3. The van der Waals surface area contributed by atoms with Crippen LogP contribution >= 0.6 is 0 Å². The Bertz CT molecular complexity index is 278. The molecule has 2 unspecified atom stereocenters. The first-order valence-corrected chi connectivity index (χ1v) is 11.0. The first-order chi connectivity index (χ1) is 8.92. The first kappa shape index (κ1) is 17.5. The zero-order valence-corrected chi connectivity index (χ0v) is 17.8. The van der Waals surface area contributed by atoms with Crippen LogP contribution in [0.5, 0.6) is 0 Å². The first-order valence-electron chi connectivity index (χ1n) is 7.16. The maximum Gasteiger partial charge on any atom is 0.530 e. The number of hydrogen-bond donors (Lipinski definition) is 0. The maximum atomic E-state index is 6.01. The summed E-state index contributed by atoms with van der Waals surface area (Å²) in [4.78, 5) is 17.9. The van der Waals surface area contributed by atoms with E-state index in [0.29, 0.717) is 0 Å². The molecule has 0 amide bonds. The summed E-state index contributed by atoms with van der Waals surface area (Å²) in [7, 11) is 6.29. The average molecular weight is 327 g/mol.